The van der Waals surface area contributed by atoms with Crippen molar-refractivity contribution in [1.82, 2.24) is 20.0 Å². The average Bonchev–Trinajstić information content (AvgIpc) is 3.39. The van der Waals surface area contributed by atoms with Gasteiger partial charge in [-0.2, -0.15) is 4.98 Å². The first-order valence-corrected chi connectivity index (χ1v) is 8.56. The molecule has 0 aromatic carbocycles. The minimum absolute atomic E-state index is 0.168. The maximum Gasteiger partial charge on any atom is 0.319 e. The van der Waals surface area contributed by atoms with Crippen LogP contribution in [0.15, 0.2) is 45.7 Å². The summed E-state index contributed by atoms with van der Waals surface area (Å²) >= 11 is 0. The Morgan fingerprint density at radius 2 is 2.26 bits per heavy atom. The Hall–Kier alpha value is -3.36. The van der Waals surface area contributed by atoms with Gasteiger partial charge in [-0.3, -0.25) is 4.79 Å². The van der Waals surface area contributed by atoms with Gasteiger partial charge in [0.25, 0.3) is 5.91 Å². The predicted molar refractivity (Wildman–Crippen MR) is 92.3 cm³/mol. The van der Waals surface area contributed by atoms with Crippen LogP contribution in [-0.4, -0.2) is 52.2 Å². The number of carbonyl (C=O) groups excluding carboxylic acids is 1. The third-order valence-corrected chi connectivity index (χ3v) is 4.24. The minimum Gasteiger partial charge on any atom is -0.472 e. The Labute approximate surface area is 154 Å². The number of furan rings is 1. The van der Waals surface area contributed by atoms with Gasteiger partial charge in [0, 0.05) is 24.9 Å². The maximum atomic E-state index is 12.8. The van der Waals surface area contributed by atoms with Crippen LogP contribution in [0.5, 0.6) is 11.9 Å². The van der Waals surface area contributed by atoms with E-state index in [1.54, 1.807) is 35.4 Å². The lowest BCUT2D eigenvalue weighted by Gasteiger charge is -2.32. The van der Waals surface area contributed by atoms with E-state index in [4.69, 9.17) is 18.4 Å². The topological polar surface area (TPSA) is 104 Å². The molecule has 0 bridgehead atoms. The second-order valence-electron chi connectivity index (χ2n) is 6.07. The highest BCUT2D eigenvalue weighted by Crippen LogP contribution is 2.23. The Kier molecular flexibility index (Phi) is 4.73. The number of hydrogen-bond acceptors (Lipinski definition) is 8. The molecule has 0 radical (unpaired) electrons. The van der Waals surface area contributed by atoms with Crippen molar-refractivity contribution >= 4 is 5.91 Å². The number of aromatic nitrogens is 3. The van der Waals surface area contributed by atoms with E-state index in [1.807, 2.05) is 0 Å². The van der Waals surface area contributed by atoms with Crippen molar-refractivity contribution in [3.05, 3.63) is 42.4 Å². The van der Waals surface area contributed by atoms with Gasteiger partial charge in [-0.15, -0.1) is 0 Å². The molecule has 1 atom stereocenters. The molecule has 1 fully saturated rings. The van der Waals surface area contributed by atoms with Crippen LogP contribution >= 0.6 is 0 Å². The van der Waals surface area contributed by atoms with Gasteiger partial charge in [0.05, 0.1) is 19.9 Å². The zero-order valence-electron chi connectivity index (χ0n) is 14.7. The predicted octanol–water partition coefficient (Wildman–Crippen LogP) is 2.42. The van der Waals surface area contributed by atoms with Crippen molar-refractivity contribution in [3.63, 3.8) is 0 Å². The van der Waals surface area contributed by atoms with Gasteiger partial charge < -0.3 is 23.3 Å². The number of ether oxygens (including phenoxy) is 2. The molecule has 0 aliphatic carbocycles. The summed E-state index contributed by atoms with van der Waals surface area (Å²) in [7, 11) is 1.50. The first kappa shape index (κ1) is 17.1. The largest absolute Gasteiger partial charge is 0.472 e. The lowest BCUT2D eigenvalue weighted by Crippen LogP contribution is -2.44. The first-order chi connectivity index (χ1) is 13.2. The van der Waals surface area contributed by atoms with Crippen LogP contribution in [0.1, 0.15) is 23.3 Å². The van der Waals surface area contributed by atoms with Crippen LogP contribution in [0.2, 0.25) is 0 Å². The number of piperidine rings is 1. The number of carbonyl (C=O) groups is 1. The molecule has 0 N–H and O–H groups in total. The molecule has 1 aliphatic heterocycles. The summed E-state index contributed by atoms with van der Waals surface area (Å²) in [6, 6.07) is 6.98. The van der Waals surface area contributed by atoms with Crippen molar-refractivity contribution in [1.29, 1.82) is 0 Å². The van der Waals surface area contributed by atoms with Gasteiger partial charge in [-0.25, -0.2) is 4.98 Å². The molecule has 9 nitrogen and oxygen atoms in total. The van der Waals surface area contributed by atoms with Crippen LogP contribution in [0.4, 0.5) is 0 Å². The van der Waals surface area contributed by atoms with Gasteiger partial charge in [0.2, 0.25) is 11.6 Å². The molecule has 0 saturated carbocycles. The molecule has 9 heteroatoms. The molecule has 1 unspecified atom stereocenters. The van der Waals surface area contributed by atoms with Gasteiger partial charge in [0.15, 0.2) is 11.5 Å². The fraction of sp³-hybridized carbons (Fsp3) is 0.333. The van der Waals surface area contributed by atoms with Crippen molar-refractivity contribution < 1.29 is 23.2 Å². The Morgan fingerprint density at radius 1 is 1.33 bits per heavy atom. The number of likely N-dealkylation sites (tertiary alicyclic amines) is 1. The van der Waals surface area contributed by atoms with Crippen LogP contribution < -0.4 is 9.47 Å². The second-order valence-corrected chi connectivity index (χ2v) is 6.07. The van der Waals surface area contributed by atoms with E-state index in [-0.39, 0.29) is 23.7 Å². The molecular formula is C18H18N4O5. The van der Waals surface area contributed by atoms with Crippen molar-refractivity contribution in [2.75, 3.05) is 20.2 Å². The highest BCUT2D eigenvalue weighted by molar-refractivity contribution is 5.93. The van der Waals surface area contributed by atoms with Crippen molar-refractivity contribution in [2.24, 2.45) is 0 Å². The van der Waals surface area contributed by atoms with Crippen LogP contribution in [0, 0.1) is 0 Å². The Morgan fingerprint density at radius 3 is 3.07 bits per heavy atom. The fourth-order valence-corrected chi connectivity index (χ4v) is 2.95. The lowest BCUT2D eigenvalue weighted by atomic mass is 10.1. The van der Waals surface area contributed by atoms with E-state index in [0.29, 0.717) is 30.5 Å². The van der Waals surface area contributed by atoms with Gasteiger partial charge in [0.1, 0.15) is 6.10 Å². The third kappa shape index (κ3) is 3.76. The zero-order chi connectivity index (χ0) is 18.6. The van der Waals surface area contributed by atoms with E-state index in [1.165, 1.54) is 13.4 Å². The first-order valence-electron chi connectivity index (χ1n) is 8.56. The molecular weight excluding hydrogens is 352 g/mol. The Bertz CT molecular complexity index is 908. The molecule has 3 aromatic heterocycles. The van der Waals surface area contributed by atoms with Gasteiger partial charge in [-0.05, 0) is 25.0 Å². The average molecular weight is 370 g/mol. The van der Waals surface area contributed by atoms with Crippen LogP contribution in [-0.2, 0) is 0 Å². The summed E-state index contributed by atoms with van der Waals surface area (Å²) in [6.07, 6.45) is 4.58. The Balaban J connectivity index is 1.42. The number of amides is 1. The number of methoxy groups -OCH3 is 1. The smallest absolute Gasteiger partial charge is 0.319 e. The molecule has 27 heavy (non-hydrogen) atoms. The second kappa shape index (κ2) is 7.48. The van der Waals surface area contributed by atoms with Crippen molar-refractivity contribution in [2.45, 2.75) is 18.9 Å². The maximum absolute atomic E-state index is 12.8. The zero-order valence-corrected chi connectivity index (χ0v) is 14.7. The minimum atomic E-state index is -0.204. The van der Waals surface area contributed by atoms with E-state index < -0.39 is 0 Å². The third-order valence-electron chi connectivity index (χ3n) is 4.24. The van der Waals surface area contributed by atoms with E-state index in [0.717, 1.165) is 12.8 Å². The SMILES string of the molecule is COc1nccc(OC2CCCN(C(=O)c3cc(-c4ccco4)on3)C2)n1. The number of rotatable bonds is 5. The molecule has 4 heterocycles. The number of nitrogens with zero attached hydrogens (tertiary/aromatic N) is 4. The quantitative estimate of drug-likeness (QED) is 0.674. The number of hydrogen-bond donors (Lipinski definition) is 0. The highest BCUT2D eigenvalue weighted by Gasteiger charge is 2.28. The molecule has 3 aromatic rings. The van der Waals surface area contributed by atoms with E-state index in [2.05, 4.69) is 15.1 Å². The monoisotopic (exact) mass is 370 g/mol. The summed E-state index contributed by atoms with van der Waals surface area (Å²) < 4.78 is 21.4. The van der Waals surface area contributed by atoms with Crippen LogP contribution in [0.25, 0.3) is 11.5 Å². The lowest BCUT2D eigenvalue weighted by molar-refractivity contribution is 0.0517. The summed E-state index contributed by atoms with van der Waals surface area (Å²) in [5.74, 6) is 1.16. The summed E-state index contributed by atoms with van der Waals surface area (Å²) in [6.45, 7) is 1.07. The fourth-order valence-electron chi connectivity index (χ4n) is 2.95. The van der Waals surface area contributed by atoms with Crippen LogP contribution in [0.3, 0.4) is 0 Å². The standard InChI is InChI=1S/C18H18N4O5/c1-24-18-19-7-6-16(20-18)26-12-4-2-8-22(11-12)17(23)13-10-15(27-21-13)14-5-3-9-25-14/h3,5-7,9-10,12H,2,4,8,11H2,1H3. The summed E-state index contributed by atoms with van der Waals surface area (Å²) in [5, 5.41) is 3.87. The highest BCUT2D eigenvalue weighted by atomic mass is 16.5. The molecule has 1 saturated heterocycles. The van der Waals surface area contributed by atoms with E-state index in [9.17, 15) is 4.79 Å². The summed E-state index contributed by atoms with van der Waals surface area (Å²) in [5.41, 5.74) is 0.241. The molecule has 4 rings (SSSR count). The molecule has 140 valence electrons. The normalized spacial score (nSPS) is 16.9. The molecule has 0 spiro atoms. The summed E-state index contributed by atoms with van der Waals surface area (Å²) in [4.78, 5) is 22.6. The molecule has 1 aliphatic rings. The van der Waals surface area contributed by atoms with Gasteiger partial charge >= 0.3 is 6.01 Å². The van der Waals surface area contributed by atoms with Gasteiger partial charge in [-0.1, -0.05) is 5.16 Å². The van der Waals surface area contributed by atoms with Crippen molar-refractivity contribution in [3.8, 4) is 23.4 Å². The molecule has 1 amide bonds. The van der Waals surface area contributed by atoms with E-state index >= 15 is 0 Å².